The molecule has 94 valence electrons. The third kappa shape index (κ3) is 2.12. The molecule has 1 aromatic carbocycles. The van der Waals surface area contributed by atoms with E-state index in [1.807, 2.05) is 6.07 Å². The molecule has 0 radical (unpaired) electrons. The minimum atomic E-state index is 0.263. The van der Waals surface area contributed by atoms with Crippen LogP contribution in [0.2, 0.25) is 0 Å². The number of methoxy groups -OCH3 is 2. The molecule has 0 unspecified atom stereocenters. The van der Waals surface area contributed by atoms with Crippen LogP contribution in [0.3, 0.4) is 0 Å². The van der Waals surface area contributed by atoms with Crippen LogP contribution in [0.15, 0.2) is 18.2 Å². The topological polar surface area (TPSA) is 46.1 Å². The monoisotopic (exact) mass is 236 g/mol. The summed E-state index contributed by atoms with van der Waals surface area (Å²) in [4.78, 5) is 0. The van der Waals surface area contributed by atoms with Crippen molar-refractivity contribution in [2.45, 2.75) is 31.1 Å². The summed E-state index contributed by atoms with van der Waals surface area (Å²) < 4.78 is 10.7. The number of ether oxygens (including phenoxy) is 2. The van der Waals surface area contributed by atoms with Crippen LogP contribution in [0.1, 0.15) is 31.2 Å². The molecule has 1 aliphatic carbocycles. The summed E-state index contributed by atoms with van der Waals surface area (Å²) in [5, 5.41) is 0. The highest BCUT2D eigenvalue weighted by Gasteiger charge is 2.36. The van der Waals surface area contributed by atoms with E-state index in [0.717, 1.165) is 18.0 Å². The first-order valence-electron chi connectivity index (χ1n) is 6.27. The van der Waals surface area contributed by atoms with Gasteiger partial charge in [0, 0.05) is 5.41 Å². The Morgan fingerprint density at radius 3 is 2.29 bits per heavy atom. The van der Waals surface area contributed by atoms with Crippen molar-refractivity contribution in [1.82, 2.24) is 0 Å². The van der Waals surface area contributed by atoms with Gasteiger partial charge in [-0.25, -0.2) is 0 Å². The van der Waals surface area contributed by atoms with Crippen molar-refractivity contribution in [3.63, 3.8) is 0 Å². The molecule has 3 N–H and O–H groups in total. The third-order valence-electron chi connectivity index (χ3n) is 4.04. The molecule has 0 saturated heterocycles. The van der Waals surface area contributed by atoms with Gasteiger partial charge in [0.1, 0.15) is 0 Å². The standard InChI is InChI=1S/C14H21NO2/c1-16-12-6-5-11(9-13(12)17-2)14(10-15)7-3-4-8-14/h5-6,9H,3-4,7-8,10,15H2,1-2H3/p+1. The van der Waals surface area contributed by atoms with Crippen LogP contribution < -0.4 is 15.2 Å². The lowest BCUT2D eigenvalue weighted by atomic mass is 9.79. The molecule has 1 fully saturated rings. The van der Waals surface area contributed by atoms with Crippen LogP contribution in [-0.2, 0) is 5.41 Å². The van der Waals surface area contributed by atoms with Crippen LogP contribution in [0.4, 0.5) is 0 Å². The molecule has 1 aliphatic rings. The molecule has 0 bridgehead atoms. The fraction of sp³-hybridized carbons (Fsp3) is 0.571. The zero-order chi connectivity index (χ0) is 12.3. The lowest BCUT2D eigenvalue weighted by Crippen LogP contribution is -2.59. The van der Waals surface area contributed by atoms with E-state index in [-0.39, 0.29) is 5.41 Å². The molecule has 1 saturated carbocycles. The lowest BCUT2D eigenvalue weighted by Gasteiger charge is -2.26. The fourth-order valence-electron chi connectivity index (χ4n) is 2.90. The minimum absolute atomic E-state index is 0.263. The predicted octanol–water partition coefficient (Wildman–Crippen LogP) is 1.76. The summed E-state index contributed by atoms with van der Waals surface area (Å²) in [5.74, 6) is 1.62. The van der Waals surface area contributed by atoms with E-state index in [2.05, 4.69) is 17.9 Å². The van der Waals surface area contributed by atoms with Gasteiger partial charge in [-0.05, 0) is 30.5 Å². The molecule has 17 heavy (non-hydrogen) atoms. The Labute approximate surface area is 103 Å². The van der Waals surface area contributed by atoms with Gasteiger partial charge in [0.2, 0.25) is 0 Å². The van der Waals surface area contributed by atoms with Gasteiger partial charge in [-0.15, -0.1) is 0 Å². The number of quaternary nitrogens is 1. The first-order valence-corrected chi connectivity index (χ1v) is 6.27. The number of hydrogen-bond acceptors (Lipinski definition) is 2. The maximum absolute atomic E-state index is 5.38. The van der Waals surface area contributed by atoms with Crippen molar-refractivity contribution in [3.8, 4) is 11.5 Å². The fourth-order valence-corrected chi connectivity index (χ4v) is 2.90. The van der Waals surface area contributed by atoms with Crippen molar-refractivity contribution < 1.29 is 15.2 Å². The molecule has 1 aromatic rings. The van der Waals surface area contributed by atoms with Gasteiger partial charge < -0.3 is 15.2 Å². The van der Waals surface area contributed by atoms with Crippen molar-refractivity contribution >= 4 is 0 Å². The third-order valence-corrected chi connectivity index (χ3v) is 4.04. The molecular weight excluding hydrogens is 214 g/mol. The van der Waals surface area contributed by atoms with Crippen molar-refractivity contribution in [3.05, 3.63) is 23.8 Å². The van der Waals surface area contributed by atoms with Gasteiger partial charge in [0.25, 0.3) is 0 Å². The lowest BCUT2D eigenvalue weighted by molar-refractivity contribution is -0.382. The normalized spacial score (nSPS) is 18.1. The van der Waals surface area contributed by atoms with E-state index in [1.165, 1.54) is 31.2 Å². The van der Waals surface area contributed by atoms with Gasteiger partial charge >= 0.3 is 0 Å². The second-order valence-corrected chi connectivity index (χ2v) is 4.81. The molecule has 2 rings (SSSR count). The first kappa shape index (κ1) is 12.2. The van der Waals surface area contributed by atoms with Crippen LogP contribution >= 0.6 is 0 Å². The second kappa shape index (κ2) is 4.96. The predicted molar refractivity (Wildman–Crippen MR) is 67.4 cm³/mol. The summed E-state index contributed by atoms with van der Waals surface area (Å²) in [6.07, 6.45) is 5.10. The largest absolute Gasteiger partial charge is 0.493 e. The van der Waals surface area contributed by atoms with E-state index in [9.17, 15) is 0 Å². The highest BCUT2D eigenvalue weighted by Crippen LogP contribution is 2.42. The molecule has 0 amide bonds. The smallest absolute Gasteiger partial charge is 0.161 e. The van der Waals surface area contributed by atoms with E-state index in [4.69, 9.17) is 9.47 Å². The summed E-state index contributed by atoms with van der Waals surface area (Å²) in [6, 6.07) is 6.29. The number of rotatable bonds is 4. The Morgan fingerprint density at radius 1 is 1.12 bits per heavy atom. The van der Waals surface area contributed by atoms with Crippen molar-refractivity contribution in [2.75, 3.05) is 20.8 Å². The molecule has 0 heterocycles. The first-order chi connectivity index (χ1) is 8.25. The van der Waals surface area contributed by atoms with Gasteiger partial charge in [0.15, 0.2) is 11.5 Å². The molecule has 3 nitrogen and oxygen atoms in total. The Hall–Kier alpha value is -1.22. The number of benzene rings is 1. The summed E-state index contributed by atoms with van der Waals surface area (Å²) >= 11 is 0. The van der Waals surface area contributed by atoms with Crippen LogP contribution in [0.5, 0.6) is 11.5 Å². The molecule has 0 atom stereocenters. The highest BCUT2D eigenvalue weighted by molar-refractivity contribution is 5.45. The second-order valence-electron chi connectivity index (χ2n) is 4.81. The SMILES string of the molecule is COc1ccc(C2(C[NH3+])CCCC2)cc1OC. The van der Waals surface area contributed by atoms with Gasteiger partial charge in [-0.3, -0.25) is 0 Å². The van der Waals surface area contributed by atoms with Gasteiger partial charge in [-0.2, -0.15) is 0 Å². The Balaban J connectivity index is 2.38. The van der Waals surface area contributed by atoms with E-state index >= 15 is 0 Å². The zero-order valence-corrected chi connectivity index (χ0v) is 10.8. The van der Waals surface area contributed by atoms with E-state index < -0.39 is 0 Å². The molecule has 0 spiro atoms. The Kier molecular flexibility index (Phi) is 3.57. The van der Waals surface area contributed by atoms with Gasteiger partial charge in [-0.1, -0.05) is 18.9 Å². The average molecular weight is 236 g/mol. The summed E-state index contributed by atoms with van der Waals surface area (Å²) in [5.41, 5.74) is 5.76. The minimum Gasteiger partial charge on any atom is -0.493 e. The van der Waals surface area contributed by atoms with E-state index in [1.54, 1.807) is 14.2 Å². The average Bonchev–Trinajstić information content (AvgIpc) is 2.88. The molecule has 0 aromatic heterocycles. The van der Waals surface area contributed by atoms with Gasteiger partial charge in [0.05, 0.1) is 20.8 Å². The van der Waals surface area contributed by atoms with Crippen LogP contribution in [0.25, 0.3) is 0 Å². The van der Waals surface area contributed by atoms with Crippen molar-refractivity contribution in [2.24, 2.45) is 0 Å². The number of hydrogen-bond donors (Lipinski definition) is 1. The summed E-state index contributed by atoms with van der Waals surface area (Å²) in [7, 11) is 3.36. The Bertz CT molecular complexity index is 384. The maximum atomic E-state index is 5.38. The maximum Gasteiger partial charge on any atom is 0.161 e. The summed E-state index contributed by atoms with van der Waals surface area (Å²) in [6.45, 7) is 0.961. The highest BCUT2D eigenvalue weighted by atomic mass is 16.5. The van der Waals surface area contributed by atoms with Crippen LogP contribution in [-0.4, -0.2) is 20.8 Å². The molecular formula is C14H22NO2+. The zero-order valence-electron chi connectivity index (χ0n) is 10.8. The molecule has 0 aliphatic heterocycles. The van der Waals surface area contributed by atoms with Crippen LogP contribution in [0, 0.1) is 0 Å². The Morgan fingerprint density at radius 2 is 1.76 bits per heavy atom. The van der Waals surface area contributed by atoms with Crippen molar-refractivity contribution in [1.29, 1.82) is 0 Å². The molecule has 3 heteroatoms. The quantitative estimate of drug-likeness (QED) is 0.865. The van der Waals surface area contributed by atoms with E-state index in [0.29, 0.717) is 0 Å².